The highest BCUT2D eigenvalue weighted by Crippen LogP contribution is 2.44. The van der Waals surface area contributed by atoms with E-state index in [1.807, 2.05) is 26.0 Å². The highest BCUT2D eigenvalue weighted by molar-refractivity contribution is 6.21. The van der Waals surface area contributed by atoms with Gasteiger partial charge in [-0.2, -0.15) is 5.10 Å². The molecule has 0 fully saturated rings. The zero-order valence-electron chi connectivity index (χ0n) is 26.0. The molecule has 1 aliphatic heterocycles. The Morgan fingerprint density at radius 3 is 2.07 bits per heavy atom. The van der Waals surface area contributed by atoms with Gasteiger partial charge in [0.05, 0.1) is 24.4 Å². The smallest absolute Gasteiger partial charge is 0.351 e. The van der Waals surface area contributed by atoms with Crippen LogP contribution in [0.1, 0.15) is 77.1 Å². The van der Waals surface area contributed by atoms with Crippen LogP contribution in [0.2, 0.25) is 0 Å². The summed E-state index contributed by atoms with van der Waals surface area (Å²) in [5.41, 5.74) is 2.26. The number of carbonyl (C=O) groups is 3. The van der Waals surface area contributed by atoms with E-state index in [4.69, 9.17) is 9.47 Å². The van der Waals surface area contributed by atoms with Gasteiger partial charge in [-0.05, 0) is 36.1 Å². The van der Waals surface area contributed by atoms with Gasteiger partial charge in [-0.3, -0.25) is 14.5 Å². The lowest BCUT2D eigenvalue weighted by atomic mass is 9.91. The predicted octanol–water partition coefficient (Wildman–Crippen LogP) is 7.18. The number of nitrogens with zero attached hydrogens (tertiary/aromatic N) is 3. The van der Waals surface area contributed by atoms with Gasteiger partial charge in [-0.1, -0.05) is 92.7 Å². The van der Waals surface area contributed by atoms with Crippen molar-refractivity contribution in [2.75, 3.05) is 12.0 Å². The standard InChI is InChI=1S/C36H33F2N3O5/c1-21(2)23-12-14-25(15-13-23)31(42)29-30(24-16-18-27(19-17-24)36(4,37)38)41(28-20-11-22(3)39-40-28)34(43)33(29)46-32(35(44)45-5)26-9-7-6-8-10-26/h6-21,30,32H,1-5H3. The molecule has 8 nitrogen and oxygen atoms in total. The number of carbonyl (C=O) groups excluding carboxylic acids is 3. The molecule has 1 aromatic heterocycles. The fourth-order valence-electron chi connectivity index (χ4n) is 5.25. The Labute approximate surface area is 265 Å². The molecule has 46 heavy (non-hydrogen) atoms. The average Bonchev–Trinajstić information content (AvgIpc) is 3.34. The molecular formula is C36H33F2N3O5. The van der Waals surface area contributed by atoms with Crippen LogP contribution in [-0.4, -0.2) is 35.0 Å². The number of ether oxygens (including phenoxy) is 2. The number of ketones is 1. The lowest BCUT2D eigenvalue weighted by Gasteiger charge is -2.26. The molecule has 0 saturated heterocycles. The Hall–Kier alpha value is -5.25. The van der Waals surface area contributed by atoms with Crippen molar-refractivity contribution in [1.82, 2.24) is 10.2 Å². The third kappa shape index (κ3) is 6.42. The monoisotopic (exact) mass is 625 g/mol. The summed E-state index contributed by atoms with van der Waals surface area (Å²) in [7, 11) is 1.19. The first-order valence-electron chi connectivity index (χ1n) is 14.7. The second-order valence-electron chi connectivity index (χ2n) is 11.4. The van der Waals surface area contributed by atoms with Gasteiger partial charge in [0.2, 0.25) is 6.10 Å². The normalized spacial score (nSPS) is 15.7. The Bertz CT molecular complexity index is 1770. The molecule has 2 unspecified atom stereocenters. The van der Waals surface area contributed by atoms with Crippen LogP contribution in [0.15, 0.2) is 102 Å². The number of anilines is 1. The summed E-state index contributed by atoms with van der Waals surface area (Å²) in [6.45, 7) is 6.56. The summed E-state index contributed by atoms with van der Waals surface area (Å²) in [5, 5.41) is 8.31. The minimum Gasteiger partial charge on any atom is -0.468 e. The summed E-state index contributed by atoms with van der Waals surface area (Å²) in [4.78, 5) is 43.2. The number of amides is 1. The molecule has 0 radical (unpaired) electrons. The van der Waals surface area contributed by atoms with Gasteiger partial charge in [0.25, 0.3) is 11.8 Å². The summed E-state index contributed by atoms with van der Waals surface area (Å²) >= 11 is 0. The first-order valence-corrected chi connectivity index (χ1v) is 14.7. The van der Waals surface area contributed by atoms with E-state index in [1.54, 1.807) is 61.5 Å². The lowest BCUT2D eigenvalue weighted by Crippen LogP contribution is -2.32. The van der Waals surface area contributed by atoms with E-state index in [1.165, 1.54) is 36.3 Å². The van der Waals surface area contributed by atoms with Crippen LogP contribution >= 0.6 is 0 Å². The SMILES string of the molecule is COC(=O)C(OC1=C(C(=O)c2ccc(C(C)C)cc2)C(c2ccc(C(C)(F)F)cc2)N(c2ccc(C)nn2)C1=O)c1ccccc1. The molecular weight excluding hydrogens is 592 g/mol. The van der Waals surface area contributed by atoms with Crippen molar-refractivity contribution in [2.24, 2.45) is 0 Å². The zero-order valence-corrected chi connectivity index (χ0v) is 26.0. The maximum atomic E-state index is 14.5. The Kier molecular flexibility index (Phi) is 9.09. The minimum atomic E-state index is -3.11. The van der Waals surface area contributed by atoms with Crippen molar-refractivity contribution in [3.05, 3.63) is 136 Å². The van der Waals surface area contributed by atoms with Crippen molar-refractivity contribution >= 4 is 23.5 Å². The number of esters is 1. The van der Waals surface area contributed by atoms with Crippen molar-refractivity contribution in [3.8, 4) is 0 Å². The van der Waals surface area contributed by atoms with Crippen LogP contribution in [0.25, 0.3) is 0 Å². The van der Waals surface area contributed by atoms with Crippen LogP contribution in [0.4, 0.5) is 14.6 Å². The number of alkyl halides is 2. The van der Waals surface area contributed by atoms with Gasteiger partial charge < -0.3 is 9.47 Å². The number of methoxy groups -OCH3 is 1. The maximum Gasteiger partial charge on any atom is 0.351 e. The largest absolute Gasteiger partial charge is 0.468 e. The van der Waals surface area contributed by atoms with Gasteiger partial charge >= 0.3 is 5.97 Å². The number of hydrogen-bond acceptors (Lipinski definition) is 7. The Balaban J connectivity index is 1.74. The van der Waals surface area contributed by atoms with E-state index in [9.17, 15) is 23.2 Å². The summed E-state index contributed by atoms with van der Waals surface area (Å²) in [5.74, 6) is -5.31. The molecule has 236 valence electrons. The van der Waals surface area contributed by atoms with E-state index in [-0.39, 0.29) is 28.4 Å². The summed E-state index contributed by atoms with van der Waals surface area (Å²) in [6, 6.07) is 22.8. The summed E-state index contributed by atoms with van der Waals surface area (Å²) in [6.07, 6.45) is -1.40. The van der Waals surface area contributed by atoms with E-state index in [0.717, 1.165) is 12.5 Å². The number of hydrogen-bond donors (Lipinski definition) is 0. The number of benzene rings is 3. The molecule has 0 bridgehead atoms. The molecule has 10 heteroatoms. The first kappa shape index (κ1) is 32.2. The molecule has 2 heterocycles. The van der Waals surface area contributed by atoms with Crippen LogP contribution in [0.5, 0.6) is 0 Å². The number of aryl methyl sites for hydroxylation is 1. The molecule has 1 amide bonds. The third-order valence-electron chi connectivity index (χ3n) is 7.79. The van der Waals surface area contributed by atoms with Crippen LogP contribution in [0.3, 0.4) is 0 Å². The molecule has 2 atom stereocenters. The molecule has 0 spiro atoms. The summed E-state index contributed by atoms with van der Waals surface area (Å²) < 4.78 is 39.6. The maximum absolute atomic E-state index is 14.5. The van der Waals surface area contributed by atoms with Crippen LogP contribution in [0, 0.1) is 6.92 Å². The van der Waals surface area contributed by atoms with E-state index < -0.39 is 41.5 Å². The second kappa shape index (κ2) is 13.0. The van der Waals surface area contributed by atoms with Crippen molar-refractivity contribution in [3.63, 3.8) is 0 Å². The number of rotatable bonds is 10. The Morgan fingerprint density at radius 2 is 1.52 bits per heavy atom. The van der Waals surface area contributed by atoms with E-state index >= 15 is 0 Å². The van der Waals surface area contributed by atoms with Gasteiger partial charge in [0, 0.05) is 23.6 Å². The van der Waals surface area contributed by atoms with Gasteiger partial charge in [0.15, 0.2) is 17.4 Å². The van der Waals surface area contributed by atoms with Gasteiger partial charge in [0.1, 0.15) is 0 Å². The molecule has 0 saturated carbocycles. The third-order valence-corrected chi connectivity index (χ3v) is 7.79. The topological polar surface area (TPSA) is 98.7 Å². The number of aromatic nitrogens is 2. The minimum absolute atomic E-state index is 0.0921. The van der Waals surface area contributed by atoms with E-state index in [2.05, 4.69) is 10.2 Å². The quantitative estimate of drug-likeness (QED) is 0.136. The molecule has 1 aliphatic rings. The van der Waals surface area contributed by atoms with E-state index in [0.29, 0.717) is 16.8 Å². The fourth-order valence-corrected chi connectivity index (χ4v) is 5.25. The van der Waals surface area contributed by atoms with Crippen molar-refractivity contribution < 1.29 is 32.6 Å². The van der Waals surface area contributed by atoms with Crippen molar-refractivity contribution in [2.45, 2.75) is 51.7 Å². The molecule has 3 aromatic carbocycles. The number of halogens is 2. The first-order chi connectivity index (χ1) is 21.9. The number of Topliss-reactive ketones (excluding diaryl/α,β-unsaturated/α-hetero) is 1. The predicted molar refractivity (Wildman–Crippen MR) is 167 cm³/mol. The van der Waals surface area contributed by atoms with Gasteiger partial charge in [-0.15, -0.1) is 5.10 Å². The van der Waals surface area contributed by atoms with Crippen LogP contribution in [-0.2, 0) is 25.0 Å². The highest BCUT2D eigenvalue weighted by atomic mass is 19.3. The van der Waals surface area contributed by atoms with Crippen LogP contribution < -0.4 is 4.90 Å². The Morgan fingerprint density at radius 1 is 0.870 bits per heavy atom. The lowest BCUT2D eigenvalue weighted by molar-refractivity contribution is -0.152. The molecule has 5 rings (SSSR count). The molecule has 0 N–H and O–H groups in total. The molecule has 0 aliphatic carbocycles. The fraction of sp³-hybridized carbons (Fsp3) is 0.250. The second-order valence-corrected chi connectivity index (χ2v) is 11.4. The van der Waals surface area contributed by atoms with Crippen molar-refractivity contribution in [1.29, 1.82) is 0 Å². The zero-order chi connectivity index (χ0) is 33.2. The average molecular weight is 626 g/mol. The van der Waals surface area contributed by atoms with Gasteiger partial charge in [-0.25, -0.2) is 13.6 Å². The highest BCUT2D eigenvalue weighted by Gasteiger charge is 2.48. The molecule has 4 aromatic rings.